The first-order valence-corrected chi connectivity index (χ1v) is 8.30. The Hall–Kier alpha value is -2.16. The summed E-state index contributed by atoms with van der Waals surface area (Å²) in [5, 5.41) is 10.7. The fourth-order valence-electron chi connectivity index (χ4n) is 3.75. The van der Waals surface area contributed by atoms with Crippen molar-refractivity contribution in [2.45, 2.75) is 37.8 Å². The molecule has 4 rings (SSSR count). The normalized spacial score (nSPS) is 26.7. The minimum Gasteiger partial charge on any atom is -0.387 e. The first kappa shape index (κ1) is 13.5. The first-order chi connectivity index (χ1) is 10.9. The predicted octanol–water partition coefficient (Wildman–Crippen LogP) is 3.09. The molecule has 3 aliphatic heterocycles. The van der Waals surface area contributed by atoms with Gasteiger partial charge in [-0.15, -0.1) is 0 Å². The predicted molar refractivity (Wildman–Crippen MR) is 91.6 cm³/mol. The minimum absolute atomic E-state index is 0.427. The molecule has 0 aliphatic carbocycles. The third-order valence-electron chi connectivity index (χ3n) is 4.93. The number of para-hydroxylation sites is 1. The van der Waals surface area contributed by atoms with Crippen LogP contribution in [0.25, 0.3) is 0 Å². The maximum atomic E-state index is 3.75. The van der Waals surface area contributed by atoms with Crippen molar-refractivity contribution in [3.8, 4) is 0 Å². The summed E-state index contributed by atoms with van der Waals surface area (Å²) in [6.07, 6.45) is 13.4. The lowest BCUT2D eigenvalue weighted by molar-refractivity contribution is 0.560. The van der Waals surface area contributed by atoms with Crippen LogP contribution in [-0.4, -0.2) is 18.6 Å². The number of dihydropyridines is 1. The maximum Gasteiger partial charge on any atom is 0.0518 e. The Morgan fingerprint density at radius 1 is 1.00 bits per heavy atom. The standard InChI is InChI=1S/C19H23N3/c1-2-6-17-14(5-1)8-9-19(22-17)15-10-12-20-13-16(15)18-7-3-4-11-21-18/h1-2,4-6,10-12,18-22H,3,7-9,13H2. The van der Waals surface area contributed by atoms with E-state index in [2.05, 4.69) is 64.8 Å². The highest BCUT2D eigenvalue weighted by molar-refractivity contribution is 5.57. The third-order valence-corrected chi connectivity index (χ3v) is 4.93. The van der Waals surface area contributed by atoms with Crippen molar-refractivity contribution in [3.63, 3.8) is 0 Å². The van der Waals surface area contributed by atoms with Gasteiger partial charge in [0.2, 0.25) is 0 Å². The monoisotopic (exact) mass is 293 g/mol. The van der Waals surface area contributed by atoms with Gasteiger partial charge in [-0.1, -0.05) is 24.3 Å². The highest BCUT2D eigenvalue weighted by atomic mass is 15.0. The molecule has 0 saturated carbocycles. The van der Waals surface area contributed by atoms with Gasteiger partial charge >= 0.3 is 0 Å². The zero-order valence-corrected chi connectivity index (χ0v) is 12.8. The van der Waals surface area contributed by atoms with Crippen molar-refractivity contribution in [3.05, 3.63) is 65.5 Å². The Bertz CT molecular complexity index is 642. The number of allylic oxidation sites excluding steroid dienone is 1. The number of rotatable bonds is 2. The zero-order valence-electron chi connectivity index (χ0n) is 12.8. The summed E-state index contributed by atoms with van der Waals surface area (Å²) in [7, 11) is 0. The number of hydrogen-bond acceptors (Lipinski definition) is 3. The van der Waals surface area contributed by atoms with Crippen LogP contribution in [0.3, 0.4) is 0 Å². The molecule has 0 bridgehead atoms. The quantitative estimate of drug-likeness (QED) is 0.784. The molecule has 3 aliphatic rings. The summed E-state index contributed by atoms with van der Waals surface area (Å²) < 4.78 is 0. The second-order valence-corrected chi connectivity index (χ2v) is 6.29. The molecule has 3 nitrogen and oxygen atoms in total. The molecular formula is C19H23N3. The Balaban J connectivity index is 1.63. The molecule has 0 spiro atoms. The van der Waals surface area contributed by atoms with Crippen molar-refractivity contribution in [1.29, 1.82) is 0 Å². The van der Waals surface area contributed by atoms with Crippen LogP contribution in [0.1, 0.15) is 24.8 Å². The molecule has 2 unspecified atom stereocenters. The highest BCUT2D eigenvalue weighted by Crippen LogP contribution is 2.31. The molecule has 2 atom stereocenters. The molecule has 0 amide bonds. The second kappa shape index (κ2) is 5.91. The van der Waals surface area contributed by atoms with Crippen molar-refractivity contribution in [2.75, 3.05) is 11.9 Å². The van der Waals surface area contributed by atoms with Gasteiger partial charge in [0.25, 0.3) is 0 Å². The Kier molecular flexibility index (Phi) is 3.63. The average molecular weight is 293 g/mol. The maximum absolute atomic E-state index is 3.75. The summed E-state index contributed by atoms with van der Waals surface area (Å²) in [6.45, 7) is 0.956. The fourth-order valence-corrected chi connectivity index (χ4v) is 3.75. The van der Waals surface area contributed by atoms with E-state index in [0.717, 1.165) is 13.0 Å². The van der Waals surface area contributed by atoms with Gasteiger partial charge in [0.05, 0.1) is 6.04 Å². The van der Waals surface area contributed by atoms with Crippen LogP contribution >= 0.6 is 0 Å². The van der Waals surface area contributed by atoms with Crippen molar-refractivity contribution < 1.29 is 0 Å². The van der Waals surface area contributed by atoms with Gasteiger partial charge in [-0.05, 0) is 66.9 Å². The van der Waals surface area contributed by atoms with Gasteiger partial charge in [-0.3, -0.25) is 0 Å². The molecule has 114 valence electrons. The van der Waals surface area contributed by atoms with E-state index in [0.29, 0.717) is 12.1 Å². The van der Waals surface area contributed by atoms with Crippen LogP contribution in [0.15, 0.2) is 60.0 Å². The minimum atomic E-state index is 0.427. The molecule has 3 heteroatoms. The molecule has 3 N–H and O–H groups in total. The SMILES string of the molecule is C1=CNC(C2=C(C3CCc4ccccc4N3)C=CNC2)CC1. The summed E-state index contributed by atoms with van der Waals surface area (Å²) >= 11 is 0. The van der Waals surface area contributed by atoms with Gasteiger partial charge in [-0.2, -0.15) is 0 Å². The van der Waals surface area contributed by atoms with Gasteiger partial charge < -0.3 is 16.0 Å². The second-order valence-electron chi connectivity index (χ2n) is 6.29. The van der Waals surface area contributed by atoms with Crippen molar-refractivity contribution in [2.24, 2.45) is 0 Å². The van der Waals surface area contributed by atoms with Crippen LogP contribution < -0.4 is 16.0 Å². The van der Waals surface area contributed by atoms with Crippen LogP contribution in [-0.2, 0) is 6.42 Å². The van der Waals surface area contributed by atoms with E-state index < -0.39 is 0 Å². The highest BCUT2D eigenvalue weighted by Gasteiger charge is 2.26. The summed E-state index contributed by atoms with van der Waals surface area (Å²) in [4.78, 5) is 0. The first-order valence-electron chi connectivity index (χ1n) is 8.30. The van der Waals surface area contributed by atoms with Crippen LogP contribution in [0.2, 0.25) is 0 Å². The Morgan fingerprint density at radius 3 is 2.86 bits per heavy atom. The molecule has 1 aromatic rings. The molecule has 0 saturated heterocycles. The molecule has 22 heavy (non-hydrogen) atoms. The number of hydrogen-bond donors (Lipinski definition) is 3. The topological polar surface area (TPSA) is 36.1 Å². The molecule has 3 heterocycles. The van der Waals surface area contributed by atoms with E-state index in [1.165, 1.54) is 41.7 Å². The van der Waals surface area contributed by atoms with Crippen LogP contribution in [0.4, 0.5) is 5.69 Å². The van der Waals surface area contributed by atoms with Crippen LogP contribution in [0.5, 0.6) is 0 Å². The number of anilines is 1. The smallest absolute Gasteiger partial charge is 0.0518 e. The number of aryl methyl sites for hydroxylation is 1. The van der Waals surface area contributed by atoms with E-state index >= 15 is 0 Å². The Labute approximate surface area is 132 Å². The van der Waals surface area contributed by atoms with E-state index in [9.17, 15) is 0 Å². The third kappa shape index (κ3) is 2.52. The lowest BCUT2D eigenvalue weighted by Crippen LogP contribution is -2.38. The van der Waals surface area contributed by atoms with Gasteiger partial charge in [0.1, 0.15) is 0 Å². The number of fused-ring (bicyclic) bond motifs is 1. The van der Waals surface area contributed by atoms with Crippen molar-refractivity contribution >= 4 is 5.69 Å². The number of nitrogens with one attached hydrogen (secondary N) is 3. The zero-order chi connectivity index (χ0) is 14.8. The van der Waals surface area contributed by atoms with E-state index in [1.807, 2.05) is 0 Å². The molecule has 1 aromatic carbocycles. The summed E-state index contributed by atoms with van der Waals surface area (Å²) in [5.41, 5.74) is 5.73. The van der Waals surface area contributed by atoms with E-state index in [1.54, 1.807) is 0 Å². The van der Waals surface area contributed by atoms with Crippen molar-refractivity contribution in [1.82, 2.24) is 10.6 Å². The molecular weight excluding hydrogens is 270 g/mol. The van der Waals surface area contributed by atoms with Gasteiger partial charge in [0, 0.05) is 18.3 Å². The summed E-state index contributed by atoms with van der Waals surface area (Å²) in [5.74, 6) is 0. The fraction of sp³-hybridized carbons (Fsp3) is 0.368. The Morgan fingerprint density at radius 2 is 1.95 bits per heavy atom. The number of benzene rings is 1. The molecule has 0 aromatic heterocycles. The largest absolute Gasteiger partial charge is 0.387 e. The average Bonchev–Trinajstić information content (AvgIpc) is 2.62. The van der Waals surface area contributed by atoms with Gasteiger partial charge in [0.15, 0.2) is 0 Å². The van der Waals surface area contributed by atoms with E-state index in [4.69, 9.17) is 0 Å². The van der Waals surface area contributed by atoms with E-state index in [-0.39, 0.29) is 0 Å². The van der Waals surface area contributed by atoms with Gasteiger partial charge in [-0.25, -0.2) is 0 Å². The molecule has 0 fully saturated rings. The summed E-state index contributed by atoms with van der Waals surface area (Å²) in [6, 6.07) is 9.59. The van der Waals surface area contributed by atoms with Crippen LogP contribution in [0, 0.1) is 0 Å². The lowest BCUT2D eigenvalue weighted by Gasteiger charge is -2.34. The molecule has 0 radical (unpaired) electrons. The lowest BCUT2D eigenvalue weighted by atomic mass is 9.86.